The average molecular weight is 346 g/mol. The van der Waals surface area contributed by atoms with E-state index < -0.39 is 0 Å². The van der Waals surface area contributed by atoms with Crippen molar-refractivity contribution in [1.82, 2.24) is 15.3 Å². The van der Waals surface area contributed by atoms with Gasteiger partial charge < -0.3 is 10.6 Å². The van der Waals surface area contributed by atoms with E-state index in [0.717, 1.165) is 11.3 Å². The number of rotatable bonds is 5. The lowest BCUT2D eigenvalue weighted by Crippen LogP contribution is -2.24. The van der Waals surface area contributed by atoms with Gasteiger partial charge in [-0.2, -0.15) is 0 Å². The maximum atomic E-state index is 12.4. The highest BCUT2D eigenvalue weighted by atomic mass is 16.1. The Kier molecular flexibility index (Phi) is 5.27. The quantitative estimate of drug-likeness (QED) is 0.731. The van der Waals surface area contributed by atoms with E-state index in [9.17, 15) is 4.79 Å². The minimum absolute atomic E-state index is 0.225. The molecule has 0 aliphatic rings. The Morgan fingerprint density at radius 2 is 1.85 bits per heavy atom. The van der Waals surface area contributed by atoms with Gasteiger partial charge in [-0.3, -0.25) is 4.79 Å². The van der Waals surface area contributed by atoms with Crippen LogP contribution in [0.25, 0.3) is 0 Å². The van der Waals surface area contributed by atoms with Crippen molar-refractivity contribution < 1.29 is 4.79 Å². The summed E-state index contributed by atoms with van der Waals surface area (Å²) in [5.74, 6) is 0.175. The number of anilines is 2. The molecule has 132 valence electrons. The van der Waals surface area contributed by atoms with Crippen LogP contribution in [-0.2, 0) is 6.54 Å². The number of nitrogens with one attached hydrogen (secondary N) is 2. The Morgan fingerprint density at radius 1 is 1.00 bits per heavy atom. The van der Waals surface area contributed by atoms with Crippen LogP contribution in [0.2, 0.25) is 0 Å². The number of aryl methyl sites for hydroxylation is 3. The van der Waals surface area contributed by atoms with Gasteiger partial charge in [-0.15, -0.1) is 0 Å². The van der Waals surface area contributed by atoms with Crippen molar-refractivity contribution in [3.05, 3.63) is 82.7 Å². The fourth-order valence-corrected chi connectivity index (χ4v) is 2.59. The number of carbonyl (C=O) groups excluding carboxylic acids is 1. The molecule has 2 aromatic carbocycles. The summed E-state index contributed by atoms with van der Waals surface area (Å²) in [5, 5.41) is 6.04. The first kappa shape index (κ1) is 17.6. The molecule has 0 aliphatic heterocycles. The maximum absolute atomic E-state index is 12.4. The molecule has 1 amide bonds. The summed E-state index contributed by atoms with van der Waals surface area (Å²) in [5.41, 5.74) is 5.85. The molecule has 5 nitrogen and oxygen atoms in total. The first-order chi connectivity index (χ1) is 12.5. The standard InChI is InChI=1S/C21H22N4O/c1-14-5-4-6-17(11-14)13-23-20(26)19-9-10-22-21(25-19)24-18-8-7-15(2)16(3)12-18/h4-12H,13H2,1-3H3,(H,23,26)(H,22,24,25). The predicted octanol–water partition coefficient (Wildman–Crippen LogP) is 4.08. The van der Waals surface area contributed by atoms with Crippen LogP contribution in [0.5, 0.6) is 0 Å². The molecular weight excluding hydrogens is 324 g/mol. The largest absolute Gasteiger partial charge is 0.347 e. The fraction of sp³-hybridized carbons (Fsp3) is 0.190. The third-order valence-electron chi connectivity index (χ3n) is 4.19. The second-order valence-corrected chi connectivity index (χ2v) is 6.36. The van der Waals surface area contributed by atoms with Gasteiger partial charge in [-0.1, -0.05) is 35.9 Å². The lowest BCUT2D eigenvalue weighted by Gasteiger charge is -2.09. The van der Waals surface area contributed by atoms with Crippen molar-refractivity contribution in [3.63, 3.8) is 0 Å². The van der Waals surface area contributed by atoms with E-state index in [2.05, 4.69) is 34.4 Å². The van der Waals surface area contributed by atoms with Gasteiger partial charge in [-0.25, -0.2) is 9.97 Å². The lowest BCUT2D eigenvalue weighted by atomic mass is 10.1. The topological polar surface area (TPSA) is 66.9 Å². The molecule has 1 heterocycles. The van der Waals surface area contributed by atoms with Crippen LogP contribution < -0.4 is 10.6 Å². The van der Waals surface area contributed by atoms with Crippen LogP contribution >= 0.6 is 0 Å². The van der Waals surface area contributed by atoms with Crippen molar-refractivity contribution in [1.29, 1.82) is 0 Å². The molecule has 0 saturated carbocycles. The number of benzene rings is 2. The molecule has 5 heteroatoms. The summed E-state index contributed by atoms with van der Waals surface area (Å²) in [6, 6.07) is 15.7. The molecule has 0 fully saturated rings. The van der Waals surface area contributed by atoms with Gasteiger partial charge in [0, 0.05) is 18.4 Å². The molecule has 0 radical (unpaired) electrons. The van der Waals surface area contributed by atoms with Crippen LogP contribution in [0.1, 0.15) is 32.7 Å². The molecule has 1 aromatic heterocycles. The van der Waals surface area contributed by atoms with Gasteiger partial charge in [0.25, 0.3) is 5.91 Å². The third-order valence-corrected chi connectivity index (χ3v) is 4.19. The highest BCUT2D eigenvalue weighted by Crippen LogP contribution is 2.17. The van der Waals surface area contributed by atoms with Crippen molar-refractivity contribution in [3.8, 4) is 0 Å². The summed E-state index contributed by atoms with van der Waals surface area (Å²) in [6.45, 7) is 6.61. The first-order valence-corrected chi connectivity index (χ1v) is 8.52. The smallest absolute Gasteiger partial charge is 0.270 e. The van der Waals surface area contributed by atoms with Crippen LogP contribution in [0.15, 0.2) is 54.7 Å². The van der Waals surface area contributed by atoms with Crippen molar-refractivity contribution in [2.24, 2.45) is 0 Å². The van der Waals surface area contributed by atoms with Crippen LogP contribution in [0, 0.1) is 20.8 Å². The van der Waals surface area contributed by atoms with Gasteiger partial charge in [0.15, 0.2) is 0 Å². The highest BCUT2D eigenvalue weighted by molar-refractivity contribution is 5.92. The third kappa shape index (κ3) is 4.45. The maximum Gasteiger partial charge on any atom is 0.270 e. The van der Waals surface area contributed by atoms with E-state index in [1.165, 1.54) is 16.7 Å². The lowest BCUT2D eigenvalue weighted by molar-refractivity contribution is 0.0946. The van der Waals surface area contributed by atoms with E-state index in [1.54, 1.807) is 12.3 Å². The Labute approximate surface area is 153 Å². The molecule has 26 heavy (non-hydrogen) atoms. The van der Waals surface area contributed by atoms with Crippen LogP contribution in [0.4, 0.5) is 11.6 Å². The summed E-state index contributed by atoms with van der Waals surface area (Å²) in [4.78, 5) is 20.9. The number of amides is 1. The normalized spacial score (nSPS) is 10.4. The van der Waals surface area contributed by atoms with E-state index >= 15 is 0 Å². The Balaban J connectivity index is 1.67. The molecule has 2 N–H and O–H groups in total. The monoisotopic (exact) mass is 346 g/mol. The zero-order valence-electron chi connectivity index (χ0n) is 15.2. The fourth-order valence-electron chi connectivity index (χ4n) is 2.59. The second-order valence-electron chi connectivity index (χ2n) is 6.36. The molecule has 0 aliphatic carbocycles. The van der Waals surface area contributed by atoms with E-state index in [4.69, 9.17) is 0 Å². The van der Waals surface area contributed by atoms with Gasteiger partial charge >= 0.3 is 0 Å². The Bertz CT molecular complexity index is 937. The van der Waals surface area contributed by atoms with Crippen LogP contribution in [0.3, 0.4) is 0 Å². The number of aromatic nitrogens is 2. The minimum atomic E-state index is -0.225. The van der Waals surface area contributed by atoms with Crippen molar-refractivity contribution >= 4 is 17.5 Å². The zero-order valence-corrected chi connectivity index (χ0v) is 15.2. The number of carbonyl (C=O) groups is 1. The number of hydrogen-bond acceptors (Lipinski definition) is 4. The zero-order chi connectivity index (χ0) is 18.5. The minimum Gasteiger partial charge on any atom is -0.347 e. The SMILES string of the molecule is Cc1cccc(CNC(=O)c2ccnc(Nc3ccc(C)c(C)c3)n2)c1. The molecule has 0 unspecified atom stereocenters. The molecule has 0 atom stereocenters. The van der Waals surface area contributed by atoms with E-state index in [-0.39, 0.29) is 5.91 Å². The Morgan fingerprint density at radius 3 is 2.62 bits per heavy atom. The van der Waals surface area contributed by atoms with Crippen molar-refractivity contribution in [2.45, 2.75) is 27.3 Å². The van der Waals surface area contributed by atoms with Crippen LogP contribution in [-0.4, -0.2) is 15.9 Å². The van der Waals surface area contributed by atoms with Gasteiger partial charge in [0.1, 0.15) is 5.69 Å². The van der Waals surface area contributed by atoms with E-state index in [1.807, 2.05) is 49.4 Å². The summed E-state index contributed by atoms with van der Waals surface area (Å²) < 4.78 is 0. The number of hydrogen-bond donors (Lipinski definition) is 2. The molecule has 0 saturated heterocycles. The van der Waals surface area contributed by atoms with Crippen molar-refractivity contribution in [2.75, 3.05) is 5.32 Å². The van der Waals surface area contributed by atoms with Gasteiger partial charge in [0.2, 0.25) is 5.95 Å². The Hall–Kier alpha value is -3.21. The molecule has 3 rings (SSSR count). The first-order valence-electron chi connectivity index (χ1n) is 8.52. The average Bonchev–Trinajstić information content (AvgIpc) is 2.63. The highest BCUT2D eigenvalue weighted by Gasteiger charge is 2.09. The van der Waals surface area contributed by atoms with Gasteiger partial charge in [0.05, 0.1) is 0 Å². The molecule has 0 bridgehead atoms. The summed E-state index contributed by atoms with van der Waals surface area (Å²) in [6.07, 6.45) is 1.58. The summed E-state index contributed by atoms with van der Waals surface area (Å²) >= 11 is 0. The summed E-state index contributed by atoms with van der Waals surface area (Å²) in [7, 11) is 0. The molecule has 0 spiro atoms. The number of nitrogens with zero attached hydrogens (tertiary/aromatic N) is 2. The molecule has 3 aromatic rings. The van der Waals surface area contributed by atoms with E-state index in [0.29, 0.717) is 18.2 Å². The predicted molar refractivity (Wildman–Crippen MR) is 104 cm³/mol. The second kappa shape index (κ2) is 7.78. The molecular formula is C21H22N4O. The van der Waals surface area contributed by atoms with Gasteiger partial charge in [-0.05, 0) is 55.7 Å².